The van der Waals surface area contributed by atoms with Crippen LogP contribution >= 0.6 is 0 Å². The van der Waals surface area contributed by atoms with Crippen molar-refractivity contribution in [2.24, 2.45) is 0 Å². The van der Waals surface area contributed by atoms with E-state index in [0.29, 0.717) is 29.1 Å². The lowest BCUT2D eigenvalue weighted by Crippen LogP contribution is -2.17. The molecule has 0 atom stereocenters. The fourth-order valence-electron chi connectivity index (χ4n) is 4.88. The predicted molar refractivity (Wildman–Crippen MR) is 144 cm³/mol. The molecule has 0 radical (unpaired) electrons. The molecule has 182 valence electrons. The van der Waals surface area contributed by atoms with Crippen LogP contribution in [0.1, 0.15) is 51.3 Å². The summed E-state index contributed by atoms with van der Waals surface area (Å²) in [5, 5.41) is 0. The lowest BCUT2D eigenvalue weighted by molar-refractivity contribution is 0.584. The van der Waals surface area contributed by atoms with E-state index in [2.05, 4.69) is 95.9 Å². The molecule has 37 heavy (non-hydrogen) atoms. The summed E-state index contributed by atoms with van der Waals surface area (Å²) in [5.41, 5.74) is 7.29. The number of hydrogen-bond acceptors (Lipinski definition) is 7. The second kappa shape index (κ2) is 8.34. The van der Waals surface area contributed by atoms with Crippen LogP contribution in [-0.4, -0.2) is 34.9 Å². The van der Waals surface area contributed by atoms with Crippen molar-refractivity contribution in [1.29, 1.82) is 0 Å². The highest BCUT2D eigenvalue weighted by atomic mass is 15.1. The highest BCUT2D eigenvalue weighted by Gasteiger charge is 2.36. The quantitative estimate of drug-likeness (QED) is 0.307. The molecule has 3 aromatic heterocycles. The molecule has 7 heteroatoms. The van der Waals surface area contributed by atoms with Crippen LogP contribution in [0.4, 0.5) is 0 Å². The average Bonchev–Trinajstić information content (AvgIpc) is 3.14. The maximum absolute atomic E-state index is 4.77. The monoisotopic (exact) mass is 485 g/mol. The van der Waals surface area contributed by atoms with Crippen molar-refractivity contribution in [2.75, 3.05) is 0 Å². The van der Waals surface area contributed by atoms with Gasteiger partial charge < -0.3 is 0 Å². The van der Waals surface area contributed by atoms with Gasteiger partial charge in [0.15, 0.2) is 17.5 Å². The van der Waals surface area contributed by atoms with E-state index in [1.807, 2.05) is 0 Å². The molecule has 0 saturated carbocycles. The Morgan fingerprint density at radius 1 is 0.568 bits per heavy atom. The highest BCUT2D eigenvalue weighted by molar-refractivity contribution is 5.83. The number of aromatic nitrogens is 7. The lowest BCUT2D eigenvalue weighted by Gasteiger charge is -2.25. The summed E-state index contributed by atoms with van der Waals surface area (Å²) in [4.78, 5) is 31.5. The van der Waals surface area contributed by atoms with Crippen LogP contribution in [0.25, 0.3) is 45.8 Å². The number of nitrogens with zero attached hydrogens (tertiary/aromatic N) is 7. The number of benzene rings is 2. The first-order valence-corrected chi connectivity index (χ1v) is 12.3. The molecule has 0 bridgehead atoms. The Bertz CT molecular complexity index is 1560. The summed E-state index contributed by atoms with van der Waals surface area (Å²) in [7, 11) is 0. The van der Waals surface area contributed by atoms with Gasteiger partial charge in [-0.05, 0) is 51.4 Å². The maximum Gasteiger partial charge on any atom is 0.201 e. The standard InChI is InChI=1S/C30H27N7/c1-29(2,3)19-9-11-21-20-10-8-18(16-22(20)30(4,5)23(21)17-19)24-35-27(25-31-12-6-13-32-25)37-28(36-24)26-33-14-7-15-34-26/h6-17H,1-5H3. The topological polar surface area (TPSA) is 90.2 Å². The molecule has 6 rings (SSSR count). The lowest BCUT2D eigenvalue weighted by atomic mass is 9.79. The van der Waals surface area contributed by atoms with Gasteiger partial charge >= 0.3 is 0 Å². The zero-order chi connectivity index (χ0) is 25.8. The molecule has 5 aromatic rings. The fourth-order valence-corrected chi connectivity index (χ4v) is 4.88. The Morgan fingerprint density at radius 2 is 1.05 bits per heavy atom. The van der Waals surface area contributed by atoms with Crippen molar-refractivity contribution in [2.45, 2.75) is 45.4 Å². The SMILES string of the molecule is CC(C)(C)c1ccc2c(c1)C(C)(C)c1cc(-c3nc(-c4ncccn4)nc(-c4ncccn4)n3)ccc1-2. The fraction of sp³-hybridized carbons (Fsp3) is 0.233. The largest absolute Gasteiger partial charge is 0.234 e. The van der Waals surface area contributed by atoms with Crippen molar-refractivity contribution in [3.8, 4) is 45.8 Å². The molecule has 0 spiro atoms. The van der Waals surface area contributed by atoms with Gasteiger partial charge in [-0.2, -0.15) is 0 Å². The van der Waals surface area contributed by atoms with Crippen LogP contribution in [0.3, 0.4) is 0 Å². The molecule has 0 unspecified atom stereocenters. The van der Waals surface area contributed by atoms with Crippen molar-refractivity contribution < 1.29 is 0 Å². The van der Waals surface area contributed by atoms with Crippen LogP contribution in [0.15, 0.2) is 73.3 Å². The third-order valence-corrected chi connectivity index (χ3v) is 6.97. The smallest absolute Gasteiger partial charge is 0.201 e. The first kappa shape index (κ1) is 23.0. The van der Waals surface area contributed by atoms with Gasteiger partial charge in [-0.15, -0.1) is 0 Å². The molecule has 0 amide bonds. The highest BCUT2D eigenvalue weighted by Crippen LogP contribution is 2.50. The van der Waals surface area contributed by atoms with Crippen LogP contribution < -0.4 is 0 Å². The van der Waals surface area contributed by atoms with Crippen LogP contribution in [0.2, 0.25) is 0 Å². The van der Waals surface area contributed by atoms with E-state index in [1.165, 1.54) is 27.8 Å². The molecular weight excluding hydrogens is 458 g/mol. The van der Waals surface area contributed by atoms with Crippen LogP contribution in [-0.2, 0) is 10.8 Å². The molecule has 1 aliphatic carbocycles. The molecule has 0 N–H and O–H groups in total. The van der Waals surface area contributed by atoms with Gasteiger partial charge in [-0.1, -0.05) is 65.0 Å². The minimum atomic E-state index is -0.161. The van der Waals surface area contributed by atoms with Gasteiger partial charge in [0.25, 0.3) is 0 Å². The van der Waals surface area contributed by atoms with Crippen molar-refractivity contribution in [1.82, 2.24) is 34.9 Å². The van der Waals surface area contributed by atoms with Crippen LogP contribution in [0.5, 0.6) is 0 Å². The minimum Gasteiger partial charge on any atom is -0.234 e. The zero-order valence-corrected chi connectivity index (χ0v) is 21.6. The molecular formula is C30H27N7. The number of hydrogen-bond donors (Lipinski definition) is 0. The Morgan fingerprint density at radius 3 is 1.59 bits per heavy atom. The van der Waals surface area contributed by atoms with Gasteiger partial charge in [-0.25, -0.2) is 34.9 Å². The van der Waals surface area contributed by atoms with Gasteiger partial charge in [0.1, 0.15) is 0 Å². The summed E-state index contributed by atoms with van der Waals surface area (Å²) >= 11 is 0. The molecule has 3 heterocycles. The van der Waals surface area contributed by atoms with Gasteiger partial charge in [0, 0.05) is 35.8 Å². The Hall–Kier alpha value is -4.39. The Balaban J connectivity index is 1.50. The first-order valence-electron chi connectivity index (χ1n) is 12.3. The molecule has 0 aliphatic heterocycles. The van der Waals surface area contributed by atoms with E-state index in [-0.39, 0.29) is 10.8 Å². The number of rotatable bonds is 3. The third-order valence-electron chi connectivity index (χ3n) is 6.97. The average molecular weight is 486 g/mol. The van der Waals surface area contributed by atoms with E-state index >= 15 is 0 Å². The summed E-state index contributed by atoms with van der Waals surface area (Å²) in [6.07, 6.45) is 6.69. The summed E-state index contributed by atoms with van der Waals surface area (Å²) in [6, 6.07) is 16.9. The van der Waals surface area contributed by atoms with Crippen molar-refractivity contribution in [3.63, 3.8) is 0 Å². The normalized spacial score (nSPS) is 13.8. The van der Waals surface area contributed by atoms with E-state index in [4.69, 9.17) is 9.97 Å². The second-order valence-corrected chi connectivity index (χ2v) is 10.8. The Kier molecular flexibility index (Phi) is 5.19. The summed E-state index contributed by atoms with van der Waals surface area (Å²) < 4.78 is 0. The Labute approximate surface area is 216 Å². The third kappa shape index (κ3) is 3.96. The van der Waals surface area contributed by atoms with E-state index in [9.17, 15) is 0 Å². The predicted octanol–water partition coefficient (Wildman–Crippen LogP) is 6.06. The zero-order valence-electron chi connectivity index (χ0n) is 21.6. The number of fused-ring (bicyclic) bond motifs is 3. The molecule has 1 aliphatic rings. The maximum atomic E-state index is 4.77. The minimum absolute atomic E-state index is 0.0851. The van der Waals surface area contributed by atoms with E-state index in [0.717, 1.165) is 5.56 Å². The van der Waals surface area contributed by atoms with Crippen molar-refractivity contribution in [3.05, 3.63) is 90.0 Å². The van der Waals surface area contributed by atoms with Crippen molar-refractivity contribution >= 4 is 0 Å². The van der Waals surface area contributed by atoms with Gasteiger partial charge in [0.05, 0.1) is 0 Å². The van der Waals surface area contributed by atoms with E-state index in [1.54, 1.807) is 36.9 Å². The summed E-state index contributed by atoms with van der Waals surface area (Å²) in [6.45, 7) is 11.3. The molecule has 7 nitrogen and oxygen atoms in total. The molecule has 0 saturated heterocycles. The first-order chi connectivity index (χ1) is 17.7. The molecule has 2 aromatic carbocycles. The van der Waals surface area contributed by atoms with E-state index < -0.39 is 0 Å². The van der Waals surface area contributed by atoms with Gasteiger partial charge in [-0.3, -0.25) is 0 Å². The molecule has 0 fully saturated rings. The van der Waals surface area contributed by atoms with Gasteiger partial charge in [0.2, 0.25) is 11.6 Å². The second-order valence-electron chi connectivity index (χ2n) is 10.8. The van der Waals surface area contributed by atoms with Crippen LogP contribution in [0, 0.1) is 0 Å². The summed E-state index contributed by atoms with van der Waals surface area (Å²) in [5.74, 6) is 2.14.